The van der Waals surface area contributed by atoms with Crippen molar-refractivity contribution in [3.8, 4) is 17.2 Å². The fraction of sp³-hybridized carbons (Fsp3) is 0.160. The molecule has 0 aromatic heterocycles. The van der Waals surface area contributed by atoms with E-state index in [0.717, 1.165) is 22.3 Å². The minimum atomic E-state index is -0.543. The molecule has 3 aromatic carbocycles. The molecular formula is C25H22O5. The Morgan fingerprint density at radius 3 is 1.70 bits per heavy atom. The predicted molar refractivity (Wildman–Crippen MR) is 115 cm³/mol. The smallest absolute Gasteiger partial charge is 0.339 e. The predicted octanol–water partition coefficient (Wildman–Crippen LogP) is 5.14. The highest BCUT2D eigenvalue weighted by atomic mass is 16.5. The molecular weight excluding hydrogens is 380 g/mol. The quantitative estimate of drug-likeness (QED) is 0.553. The molecule has 0 N–H and O–H groups in total. The third-order valence-electron chi connectivity index (χ3n) is 5.12. The van der Waals surface area contributed by atoms with E-state index in [-0.39, 0.29) is 0 Å². The van der Waals surface area contributed by atoms with Gasteiger partial charge in [-0.2, -0.15) is 0 Å². The molecule has 4 rings (SSSR count). The van der Waals surface area contributed by atoms with Crippen molar-refractivity contribution in [3.63, 3.8) is 0 Å². The molecule has 0 aliphatic heterocycles. The van der Waals surface area contributed by atoms with E-state index >= 15 is 0 Å². The minimum absolute atomic E-state index is 0.316. The van der Waals surface area contributed by atoms with Crippen LogP contribution in [0.1, 0.15) is 38.7 Å². The third kappa shape index (κ3) is 3.50. The van der Waals surface area contributed by atoms with Crippen LogP contribution in [0.4, 0.5) is 0 Å². The lowest BCUT2D eigenvalue weighted by atomic mass is 9.96. The topological polar surface area (TPSA) is 54.0 Å². The molecule has 0 amide bonds. The molecule has 0 saturated heterocycles. The van der Waals surface area contributed by atoms with Gasteiger partial charge >= 0.3 is 5.97 Å². The van der Waals surface area contributed by atoms with E-state index in [4.69, 9.17) is 18.9 Å². The molecule has 5 heteroatoms. The molecule has 0 atom stereocenters. The van der Waals surface area contributed by atoms with Crippen molar-refractivity contribution in [1.82, 2.24) is 0 Å². The summed E-state index contributed by atoms with van der Waals surface area (Å²) >= 11 is 0. The number of hydrogen-bond donors (Lipinski definition) is 0. The Hall–Kier alpha value is -3.73. The van der Waals surface area contributed by atoms with Crippen LogP contribution >= 0.6 is 0 Å². The Labute approximate surface area is 175 Å². The van der Waals surface area contributed by atoms with Crippen molar-refractivity contribution in [3.05, 3.63) is 88.5 Å². The summed E-state index contributed by atoms with van der Waals surface area (Å²) in [5.74, 6) is 0.732. The van der Waals surface area contributed by atoms with Gasteiger partial charge in [0.1, 0.15) is 0 Å². The zero-order chi connectivity index (χ0) is 21.1. The zero-order valence-corrected chi connectivity index (χ0v) is 17.0. The van der Waals surface area contributed by atoms with Crippen LogP contribution in [0.2, 0.25) is 0 Å². The minimum Gasteiger partial charge on any atom is -0.493 e. The van der Waals surface area contributed by atoms with Gasteiger partial charge in [0.2, 0.25) is 5.75 Å². The first-order valence-electron chi connectivity index (χ1n) is 9.53. The summed E-state index contributed by atoms with van der Waals surface area (Å²) in [5, 5.41) is 0. The van der Waals surface area contributed by atoms with Crippen LogP contribution in [-0.2, 0) is 4.74 Å². The molecule has 1 aliphatic carbocycles. The van der Waals surface area contributed by atoms with Gasteiger partial charge in [-0.3, -0.25) is 0 Å². The van der Waals surface area contributed by atoms with Crippen molar-refractivity contribution in [2.45, 2.75) is 6.10 Å². The molecule has 0 saturated carbocycles. The first kappa shape index (κ1) is 19.6. The van der Waals surface area contributed by atoms with Gasteiger partial charge in [-0.15, -0.1) is 0 Å². The van der Waals surface area contributed by atoms with E-state index in [2.05, 4.69) is 0 Å². The monoisotopic (exact) mass is 402 g/mol. The number of hydrogen-bond acceptors (Lipinski definition) is 5. The molecule has 0 radical (unpaired) electrons. The van der Waals surface area contributed by atoms with E-state index in [1.807, 2.05) is 60.7 Å². The van der Waals surface area contributed by atoms with Gasteiger partial charge in [0.15, 0.2) is 17.6 Å². The second-order valence-corrected chi connectivity index (χ2v) is 6.79. The number of esters is 1. The first-order valence-corrected chi connectivity index (χ1v) is 9.53. The highest BCUT2D eigenvalue weighted by Gasteiger charge is 2.26. The van der Waals surface area contributed by atoms with Crippen LogP contribution in [0.5, 0.6) is 17.2 Å². The molecule has 0 unspecified atom stereocenters. The van der Waals surface area contributed by atoms with Crippen LogP contribution < -0.4 is 14.2 Å². The van der Waals surface area contributed by atoms with Gasteiger partial charge in [-0.05, 0) is 23.3 Å². The van der Waals surface area contributed by atoms with Gasteiger partial charge in [0, 0.05) is 11.1 Å². The second kappa shape index (κ2) is 8.33. The number of carbonyl (C=O) groups is 1. The number of benzene rings is 3. The maximum atomic E-state index is 13.2. The molecule has 5 nitrogen and oxygen atoms in total. The van der Waals surface area contributed by atoms with Crippen molar-refractivity contribution in [2.75, 3.05) is 21.3 Å². The van der Waals surface area contributed by atoms with E-state index in [1.165, 1.54) is 21.3 Å². The van der Waals surface area contributed by atoms with Gasteiger partial charge < -0.3 is 18.9 Å². The molecule has 0 heterocycles. The van der Waals surface area contributed by atoms with Crippen LogP contribution in [0, 0.1) is 0 Å². The van der Waals surface area contributed by atoms with E-state index in [9.17, 15) is 4.79 Å². The highest BCUT2D eigenvalue weighted by molar-refractivity contribution is 5.92. The summed E-state index contributed by atoms with van der Waals surface area (Å²) in [6.45, 7) is 0. The molecule has 3 aromatic rings. The summed E-state index contributed by atoms with van der Waals surface area (Å²) in [6, 6.07) is 19.0. The van der Waals surface area contributed by atoms with Crippen molar-refractivity contribution in [1.29, 1.82) is 0 Å². The van der Waals surface area contributed by atoms with Crippen LogP contribution in [-0.4, -0.2) is 27.3 Å². The Bertz CT molecular complexity index is 1040. The average molecular weight is 402 g/mol. The van der Waals surface area contributed by atoms with Crippen LogP contribution in [0.3, 0.4) is 0 Å². The third-order valence-corrected chi connectivity index (χ3v) is 5.12. The normalized spacial score (nSPS) is 12.4. The largest absolute Gasteiger partial charge is 0.493 e. The van der Waals surface area contributed by atoms with Crippen molar-refractivity contribution >= 4 is 18.1 Å². The lowest BCUT2D eigenvalue weighted by molar-refractivity contribution is 0.0377. The summed E-state index contributed by atoms with van der Waals surface area (Å²) in [6.07, 6.45) is 3.54. The molecule has 1 aliphatic rings. The van der Waals surface area contributed by atoms with Crippen LogP contribution in [0.15, 0.2) is 60.7 Å². The highest BCUT2D eigenvalue weighted by Crippen LogP contribution is 2.40. The lowest BCUT2D eigenvalue weighted by Gasteiger charge is -2.21. The maximum Gasteiger partial charge on any atom is 0.339 e. The first-order chi connectivity index (χ1) is 14.7. The van der Waals surface area contributed by atoms with Gasteiger partial charge in [0.05, 0.1) is 26.9 Å². The number of methoxy groups -OCH3 is 3. The van der Waals surface area contributed by atoms with E-state index in [0.29, 0.717) is 22.8 Å². The Morgan fingerprint density at radius 1 is 0.733 bits per heavy atom. The van der Waals surface area contributed by atoms with Crippen LogP contribution in [0.25, 0.3) is 12.2 Å². The lowest BCUT2D eigenvalue weighted by Crippen LogP contribution is -2.14. The van der Waals surface area contributed by atoms with E-state index < -0.39 is 12.1 Å². The van der Waals surface area contributed by atoms with Gasteiger partial charge in [-0.1, -0.05) is 60.7 Å². The van der Waals surface area contributed by atoms with Crippen molar-refractivity contribution < 1.29 is 23.7 Å². The number of ether oxygens (including phenoxy) is 4. The molecule has 30 heavy (non-hydrogen) atoms. The fourth-order valence-corrected chi connectivity index (χ4v) is 3.65. The van der Waals surface area contributed by atoms with Crippen molar-refractivity contribution in [2.24, 2.45) is 0 Å². The summed E-state index contributed by atoms with van der Waals surface area (Å²) in [7, 11) is 4.54. The molecule has 0 fully saturated rings. The Balaban J connectivity index is 1.76. The zero-order valence-electron chi connectivity index (χ0n) is 17.0. The maximum absolute atomic E-state index is 13.2. The molecule has 152 valence electrons. The summed E-state index contributed by atoms with van der Waals surface area (Å²) in [5.41, 5.74) is 4.20. The van der Waals surface area contributed by atoms with Gasteiger partial charge in [0.25, 0.3) is 0 Å². The van der Waals surface area contributed by atoms with E-state index in [1.54, 1.807) is 12.1 Å². The molecule has 0 spiro atoms. The standard InChI is InChI=1S/C25H22O5/c1-27-21-14-18(15-22(28-2)24(21)29-3)25(26)30-23-19-10-6-4-8-16(19)12-13-17-9-5-7-11-20(17)23/h4-15,23H,1-3H3. The SMILES string of the molecule is COc1cc(C(=O)OC2c3ccccc3C=Cc3ccccc32)cc(OC)c1OC. The number of fused-ring (bicyclic) bond motifs is 2. The average Bonchev–Trinajstić information content (AvgIpc) is 2.95. The summed E-state index contributed by atoms with van der Waals surface area (Å²) < 4.78 is 22.1. The number of carbonyl (C=O) groups excluding carboxylic acids is 1. The fourth-order valence-electron chi connectivity index (χ4n) is 3.65. The second-order valence-electron chi connectivity index (χ2n) is 6.79. The number of rotatable bonds is 5. The Morgan fingerprint density at radius 2 is 1.23 bits per heavy atom. The van der Waals surface area contributed by atoms with Gasteiger partial charge in [-0.25, -0.2) is 4.79 Å². The summed E-state index contributed by atoms with van der Waals surface area (Å²) in [4.78, 5) is 13.2. The Kier molecular flexibility index (Phi) is 5.44. The molecule has 0 bridgehead atoms.